The van der Waals surface area contributed by atoms with Crippen LogP contribution in [0.1, 0.15) is 26.2 Å². The Labute approximate surface area is 111 Å². The topological polar surface area (TPSA) is 58.8 Å². The number of esters is 1. The van der Waals surface area contributed by atoms with Crippen LogP contribution in [0.3, 0.4) is 0 Å². The molecule has 0 amide bonds. The van der Waals surface area contributed by atoms with Gasteiger partial charge in [-0.05, 0) is 67.0 Å². The van der Waals surface area contributed by atoms with E-state index in [2.05, 4.69) is 35.7 Å². The van der Waals surface area contributed by atoms with Crippen LogP contribution in [0, 0.1) is 0 Å². The zero-order chi connectivity index (χ0) is 14.2. The molecule has 0 aromatic rings. The Morgan fingerprint density at radius 3 is 2.22 bits per heavy atom. The molecule has 0 aromatic heterocycles. The first kappa shape index (κ1) is 17.4. The number of rotatable bonds is 9. The van der Waals surface area contributed by atoms with Crippen LogP contribution in [-0.4, -0.2) is 69.2 Å². The van der Waals surface area contributed by atoms with Crippen molar-refractivity contribution in [3.05, 3.63) is 0 Å². The Morgan fingerprint density at radius 2 is 1.72 bits per heavy atom. The van der Waals surface area contributed by atoms with Gasteiger partial charge in [-0.1, -0.05) is 0 Å². The summed E-state index contributed by atoms with van der Waals surface area (Å²) in [6, 6.07) is 0. The first-order valence-electron chi connectivity index (χ1n) is 6.50. The minimum Gasteiger partial charge on any atom is -0.468 e. The summed E-state index contributed by atoms with van der Waals surface area (Å²) < 4.78 is 4.68. The Morgan fingerprint density at radius 1 is 1.17 bits per heavy atom. The molecule has 0 fully saturated rings. The van der Waals surface area contributed by atoms with Crippen LogP contribution in [0.25, 0.3) is 0 Å². The highest BCUT2D eigenvalue weighted by Crippen LogP contribution is 2.11. The van der Waals surface area contributed by atoms with E-state index < -0.39 is 5.54 Å². The van der Waals surface area contributed by atoms with Crippen molar-refractivity contribution < 1.29 is 9.53 Å². The van der Waals surface area contributed by atoms with Crippen molar-refractivity contribution in [2.24, 2.45) is 5.73 Å². The third-order valence-corrected chi connectivity index (χ3v) is 3.03. The van der Waals surface area contributed by atoms with Crippen LogP contribution in [0.2, 0.25) is 0 Å². The lowest BCUT2D eigenvalue weighted by molar-refractivity contribution is -0.146. The summed E-state index contributed by atoms with van der Waals surface area (Å²) in [5.74, 6) is -0.335. The molecule has 1 atom stereocenters. The molecule has 5 heteroatoms. The normalized spacial score (nSPS) is 14.9. The Bertz CT molecular complexity index is 242. The SMILES string of the molecule is COC(=O)C(C)(N)CCCN(C)CCCN(C)C. The van der Waals surface area contributed by atoms with E-state index in [-0.39, 0.29) is 5.97 Å². The Hall–Kier alpha value is -0.650. The molecule has 0 saturated carbocycles. The second-order valence-electron chi connectivity index (χ2n) is 5.47. The standard InChI is InChI=1S/C13H29N3O2/c1-13(14,12(17)18-5)8-6-10-16(4)11-7-9-15(2)3/h6-11,14H2,1-5H3. The third kappa shape index (κ3) is 7.63. The van der Waals surface area contributed by atoms with Crippen molar-refractivity contribution in [3.8, 4) is 0 Å². The zero-order valence-electron chi connectivity index (χ0n) is 12.5. The van der Waals surface area contributed by atoms with Gasteiger partial charge < -0.3 is 20.3 Å². The molecule has 0 rings (SSSR count). The number of hydrogen-bond donors (Lipinski definition) is 1. The number of carbonyl (C=O) groups is 1. The molecule has 0 aliphatic rings. The minimum atomic E-state index is -0.862. The molecule has 0 aliphatic carbocycles. The van der Waals surface area contributed by atoms with E-state index in [1.165, 1.54) is 7.11 Å². The average molecular weight is 259 g/mol. The van der Waals surface area contributed by atoms with Gasteiger partial charge in [-0.3, -0.25) is 4.79 Å². The van der Waals surface area contributed by atoms with E-state index in [1.54, 1.807) is 6.92 Å². The molecular formula is C13H29N3O2. The molecule has 0 spiro atoms. The highest BCUT2D eigenvalue weighted by atomic mass is 16.5. The van der Waals surface area contributed by atoms with Gasteiger partial charge in [-0.2, -0.15) is 0 Å². The maximum Gasteiger partial charge on any atom is 0.325 e. The fourth-order valence-electron chi connectivity index (χ4n) is 1.82. The molecule has 0 saturated heterocycles. The van der Waals surface area contributed by atoms with E-state index in [0.717, 1.165) is 32.5 Å². The van der Waals surface area contributed by atoms with Gasteiger partial charge in [0.1, 0.15) is 5.54 Å². The first-order chi connectivity index (χ1) is 8.29. The van der Waals surface area contributed by atoms with E-state index in [9.17, 15) is 4.79 Å². The van der Waals surface area contributed by atoms with Crippen molar-refractivity contribution in [2.75, 3.05) is 47.9 Å². The highest BCUT2D eigenvalue weighted by Gasteiger charge is 2.28. The summed E-state index contributed by atoms with van der Waals surface area (Å²) >= 11 is 0. The summed E-state index contributed by atoms with van der Waals surface area (Å²) in [7, 11) is 7.63. The van der Waals surface area contributed by atoms with E-state index in [0.29, 0.717) is 6.42 Å². The number of hydrogen-bond acceptors (Lipinski definition) is 5. The smallest absolute Gasteiger partial charge is 0.325 e. The van der Waals surface area contributed by atoms with Crippen molar-refractivity contribution in [1.82, 2.24) is 9.80 Å². The number of methoxy groups -OCH3 is 1. The maximum atomic E-state index is 11.4. The van der Waals surface area contributed by atoms with Crippen LogP contribution in [-0.2, 0) is 9.53 Å². The molecule has 0 bridgehead atoms. The van der Waals surface area contributed by atoms with Gasteiger partial charge in [0.05, 0.1) is 7.11 Å². The second-order valence-corrected chi connectivity index (χ2v) is 5.47. The summed E-state index contributed by atoms with van der Waals surface area (Å²) in [5.41, 5.74) is 5.04. The fraction of sp³-hybridized carbons (Fsp3) is 0.923. The lowest BCUT2D eigenvalue weighted by Gasteiger charge is -2.23. The van der Waals surface area contributed by atoms with Crippen molar-refractivity contribution >= 4 is 5.97 Å². The molecule has 0 aliphatic heterocycles. The van der Waals surface area contributed by atoms with Crippen LogP contribution in [0.4, 0.5) is 0 Å². The van der Waals surface area contributed by atoms with Gasteiger partial charge in [0.2, 0.25) is 0 Å². The van der Waals surface area contributed by atoms with Gasteiger partial charge in [0.25, 0.3) is 0 Å². The highest BCUT2D eigenvalue weighted by molar-refractivity contribution is 5.79. The lowest BCUT2D eigenvalue weighted by atomic mass is 9.97. The number of nitrogens with two attached hydrogens (primary N) is 1. The van der Waals surface area contributed by atoms with Crippen molar-refractivity contribution in [3.63, 3.8) is 0 Å². The minimum absolute atomic E-state index is 0.335. The largest absolute Gasteiger partial charge is 0.468 e. The van der Waals surface area contributed by atoms with Gasteiger partial charge in [-0.15, -0.1) is 0 Å². The molecule has 0 aromatic carbocycles. The predicted molar refractivity (Wildman–Crippen MR) is 74.5 cm³/mol. The summed E-state index contributed by atoms with van der Waals surface area (Å²) in [5, 5.41) is 0. The number of ether oxygens (including phenoxy) is 1. The molecule has 108 valence electrons. The van der Waals surface area contributed by atoms with E-state index in [4.69, 9.17) is 5.73 Å². The van der Waals surface area contributed by atoms with Gasteiger partial charge in [0, 0.05) is 0 Å². The Kier molecular flexibility index (Phi) is 8.15. The summed E-state index contributed by atoms with van der Waals surface area (Å²) in [4.78, 5) is 15.8. The predicted octanol–water partition coefficient (Wildman–Crippen LogP) is 0.541. The molecule has 2 N–H and O–H groups in total. The summed E-state index contributed by atoms with van der Waals surface area (Å²) in [6.07, 6.45) is 2.71. The fourth-order valence-corrected chi connectivity index (χ4v) is 1.82. The average Bonchev–Trinajstić information content (AvgIpc) is 2.27. The van der Waals surface area contributed by atoms with E-state index in [1.807, 2.05) is 0 Å². The lowest BCUT2D eigenvalue weighted by Crippen LogP contribution is -2.46. The zero-order valence-corrected chi connectivity index (χ0v) is 12.5. The monoisotopic (exact) mass is 259 g/mol. The summed E-state index contributed by atoms with van der Waals surface area (Å²) in [6.45, 7) is 4.85. The van der Waals surface area contributed by atoms with Crippen molar-refractivity contribution in [2.45, 2.75) is 31.7 Å². The molecule has 0 radical (unpaired) electrons. The number of carbonyl (C=O) groups excluding carboxylic acids is 1. The first-order valence-corrected chi connectivity index (χ1v) is 6.50. The second kappa shape index (κ2) is 8.45. The van der Waals surface area contributed by atoms with Crippen LogP contribution in [0.15, 0.2) is 0 Å². The van der Waals surface area contributed by atoms with Gasteiger partial charge >= 0.3 is 5.97 Å². The third-order valence-electron chi connectivity index (χ3n) is 3.03. The van der Waals surface area contributed by atoms with Crippen LogP contribution in [0.5, 0.6) is 0 Å². The van der Waals surface area contributed by atoms with Gasteiger partial charge in [0.15, 0.2) is 0 Å². The molecule has 0 heterocycles. The Balaban J connectivity index is 3.73. The maximum absolute atomic E-state index is 11.4. The van der Waals surface area contributed by atoms with Crippen LogP contribution >= 0.6 is 0 Å². The van der Waals surface area contributed by atoms with Crippen molar-refractivity contribution in [1.29, 1.82) is 0 Å². The molecule has 5 nitrogen and oxygen atoms in total. The van der Waals surface area contributed by atoms with Crippen LogP contribution < -0.4 is 5.73 Å². The number of nitrogens with zero attached hydrogens (tertiary/aromatic N) is 2. The quantitative estimate of drug-likeness (QED) is 0.613. The van der Waals surface area contributed by atoms with E-state index >= 15 is 0 Å². The molecule has 18 heavy (non-hydrogen) atoms. The molecule has 1 unspecified atom stereocenters. The molecular weight excluding hydrogens is 230 g/mol. The van der Waals surface area contributed by atoms with Gasteiger partial charge in [-0.25, -0.2) is 0 Å².